The Kier molecular flexibility index (Phi) is 10.4. The number of nitrogens with zero attached hydrogens (tertiary/aromatic N) is 2. The Morgan fingerprint density at radius 2 is 1.79 bits per heavy atom. The monoisotopic (exact) mass is 585 g/mol. The number of nitrogens with one attached hydrogen (secondary N) is 3. The van der Waals surface area contributed by atoms with E-state index in [4.69, 9.17) is 0 Å². The molecular formula is C30H40FN5O6. The zero-order chi connectivity index (χ0) is 31.4. The van der Waals surface area contributed by atoms with Crippen LogP contribution in [-0.2, 0) is 19.2 Å². The molecule has 0 saturated carbocycles. The van der Waals surface area contributed by atoms with Gasteiger partial charge in [-0.05, 0) is 52.5 Å². The van der Waals surface area contributed by atoms with Crippen LogP contribution in [0.2, 0.25) is 0 Å². The molecule has 0 radical (unpaired) electrons. The van der Waals surface area contributed by atoms with Crippen LogP contribution in [0.1, 0.15) is 71.7 Å². The largest absolute Gasteiger partial charge is 0.480 e. The van der Waals surface area contributed by atoms with Crippen LogP contribution in [0.5, 0.6) is 0 Å². The van der Waals surface area contributed by atoms with Crippen molar-refractivity contribution in [2.24, 2.45) is 11.3 Å². The maximum Gasteiger partial charge on any atom is 0.322 e. The third-order valence-electron chi connectivity index (χ3n) is 7.26. The number of hydrazine groups is 1. The number of hydrogen-bond donors (Lipinski definition) is 5. The molecule has 5 N–H and O–H groups in total. The van der Waals surface area contributed by atoms with Crippen molar-refractivity contribution in [3.8, 4) is 0 Å². The van der Waals surface area contributed by atoms with Crippen LogP contribution in [0.25, 0.3) is 17.0 Å². The number of carbonyl (C=O) groups is 4. The normalized spacial score (nSPS) is 18.1. The van der Waals surface area contributed by atoms with Crippen molar-refractivity contribution in [1.29, 1.82) is 0 Å². The average Bonchev–Trinajstić information content (AvgIpc) is 2.94. The fourth-order valence-corrected chi connectivity index (χ4v) is 4.50. The van der Waals surface area contributed by atoms with E-state index in [-0.39, 0.29) is 17.0 Å². The first-order valence-electron chi connectivity index (χ1n) is 14.0. The van der Waals surface area contributed by atoms with Gasteiger partial charge < -0.3 is 20.8 Å². The van der Waals surface area contributed by atoms with Crippen LogP contribution in [-0.4, -0.2) is 68.6 Å². The molecule has 1 fully saturated rings. The summed E-state index contributed by atoms with van der Waals surface area (Å²) >= 11 is 0. The van der Waals surface area contributed by atoms with E-state index in [0.29, 0.717) is 30.5 Å². The van der Waals surface area contributed by atoms with E-state index < -0.39 is 59.2 Å². The minimum absolute atomic E-state index is 0.108. The zero-order valence-corrected chi connectivity index (χ0v) is 24.8. The molecule has 12 heteroatoms. The molecule has 42 heavy (non-hydrogen) atoms. The smallest absolute Gasteiger partial charge is 0.322 e. The van der Waals surface area contributed by atoms with Gasteiger partial charge >= 0.3 is 5.97 Å². The molecule has 1 aromatic carbocycles. The van der Waals surface area contributed by atoms with Crippen LogP contribution in [0.15, 0.2) is 30.3 Å². The highest BCUT2D eigenvalue weighted by Crippen LogP contribution is 2.25. The number of halogens is 1. The van der Waals surface area contributed by atoms with Crippen molar-refractivity contribution in [2.75, 3.05) is 6.54 Å². The van der Waals surface area contributed by atoms with E-state index >= 15 is 4.39 Å². The predicted octanol–water partition coefficient (Wildman–Crippen LogP) is 2.69. The number of aromatic nitrogens is 1. The van der Waals surface area contributed by atoms with Crippen molar-refractivity contribution in [3.63, 3.8) is 0 Å². The molecule has 3 rings (SSSR count). The van der Waals surface area contributed by atoms with Gasteiger partial charge in [0.1, 0.15) is 23.6 Å². The number of pyridine rings is 1. The quantitative estimate of drug-likeness (QED) is 0.284. The lowest BCUT2D eigenvalue weighted by Crippen LogP contribution is -2.61. The van der Waals surface area contributed by atoms with Crippen LogP contribution in [0.4, 0.5) is 4.39 Å². The molecule has 0 aliphatic carbocycles. The molecule has 3 amide bonds. The second kappa shape index (κ2) is 13.4. The molecule has 228 valence electrons. The lowest BCUT2D eigenvalue weighted by atomic mass is 9.89. The predicted molar refractivity (Wildman–Crippen MR) is 155 cm³/mol. The minimum Gasteiger partial charge on any atom is -0.480 e. The summed E-state index contributed by atoms with van der Waals surface area (Å²) in [5.74, 6) is -3.51. The van der Waals surface area contributed by atoms with E-state index in [0.717, 1.165) is 0 Å². The molecule has 1 aliphatic rings. The highest BCUT2D eigenvalue weighted by Gasteiger charge is 2.34. The number of fused-ring (bicyclic) bond motifs is 1. The molecule has 4 unspecified atom stereocenters. The number of aliphatic hydroxyl groups is 1. The summed E-state index contributed by atoms with van der Waals surface area (Å²) in [6, 6.07) is 3.76. The summed E-state index contributed by atoms with van der Waals surface area (Å²) in [4.78, 5) is 54.8. The number of hydrogen-bond acceptors (Lipinski definition) is 7. The third kappa shape index (κ3) is 7.68. The van der Waals surface area contributed by atoms with Crippen molar-refractivity contribution >= 4 is 40.7 Å². The van der Waals surface area contributed by atoms with Crippen molar-refractivity contribution in [2.45, 2.75) is 78.6 Å². The Morgan fingerprint density at radius 3 is 2.40 bits per heavy atom. The molecule has 0 spiro atoms. The number of rotatable bonds is 10. The van der Waals surface area contributed by atoms with Crippen LogP contribution < -0.4 is 16.1 Å². The number of carbonyl (C=O) groups excluding carboxylic acids is 3. The molecular weight excluding hydrogens is 545 g/mol. The SMILES string of the molecule is CC(NC(=O)C(NC(=O)C(C)(C)C=Cc1ccc2ccc(C(C)O)nc2c1F)C(C)C)C(=O)N1CCCC(C(=O)O)N1. The number of benzene rings is 1. The summed E-state index contributed by atoms with van der Waals surface area (Å²) in [7, 11) is 0. The summed E-state index contributed by atoms with van der Waals surface area (Å²) in [5, 5.41) is 26.2. The summed E-state index contributed by atoms with van der Waals surface area (Å²) in [6.07, 6.45) is 3.06. The maximum absolute atomic E-state index is 15.3. The van der Waals surface area contributed by atoms with Crippen molar-refractivity contribution in [1.82, 2.24) is 26.1 Å². The fourth-order valence-electron chi connectivity index (χ4n) is 4.50. The Morgan fingerprint density at radius 1 is 1.12 bits per heavy atom. The van der Waals surface area contributed by atoms with Gasteiger partial charge in [-0.2, -0.15) is 0 Å². The molecule has 11 nitrogen and oxygen atoms in total. The molecule has 2 aromatic rings. The second-order valence-corrected chi connectivity index (χ2v) is 11.6. The minimum atomic E-state index is -1.14. The van der Waals surface area contributed by atoms with Gasteiger partial charge in [-0.1, -0.05) is 44.2 Å². The summed E-state index contributed by atoms with van der Waals surface area (Å²) in [5.41, 5.74) is 2.19. The first kappa shape index (κ1) is 32.6. The molecule has 0 bridgehead atoms. The highest BCUT2D eigenvalue weighted by atomic mass is 19.1. The first-order chi connectivity index (χ1) is 19.6. The van der Waals surface area contributed by atoms with E-state index in [1.54, 1.807) is 58.9 Å². The highest BCUT2D eigenvalue weighted by molar-refractivity contribution is 5.94. The topological polar surface area (TPSA) is 161 Å². The van der Waals surface area contributed by atoms with Gasteiger partial charge in [0.25, 0.3) is 5.91 Å². The average molecular weight is 586 g/mol. The fraction of sp³-hybridized carbons (Fsp3) is 0.500. The van der Waals surface area contributed by atoms with Gasteiger partial charge in [0, 0.05) is 17.5 Å². The van der Waals surface area contributed by atoms with Gasteiger partial charge in [-0.25, -0.2) is 14.8 Å². The number of carboxylic acids is 1. The molecule has 2 heterocycles. The summed E-state index contributed by atoms with van der Waals surface area (Å²) in [6.45, 7) is 10.1. The number of carboxylic acid groups (broad SMARTS) is 1. The second-order valence-electron chi connectivity index (χ2n) is 11.6. The van der Waals surface area contributed by atoms with Gasteiger partial charge in [-0.15, -0.1) is 0 Å². The number of amides is 3. The van der Waals surface area contributed by atoms with Gasteiger partial charge in [0.05, 0.1) is 17.2 Å². The molecule has 4 atom stereocenters. The maximum atomic E-state index is 15.3. The Labute approximate surface area is 244 Å². The van der Waals surface area contributed by atoms with Crippen molar-refractivity contribution in [3.05, 3.63) is 47.4 Å². The molecule has 1 aliphatic heterocycles. The standard InChI is InChI=1S/C30H40FN5O6/c1-16(2)24(26(38)32-17(3)27(39)36-15-7-8-22(35-36)28(40)41)34-29(42)30(5,6)14-13-19-9-10-20-11-12-21(18(4)37)33-25(20)23(19)31/h9-14,16-18,22,24,35,37H,7-8,15H2,1-6H3,(H,32,38)(H,34,42)(H,40,41). The van der Waals surface area contributed by atoms with Crippen molar-refractivity contribution < 1.29 is 33.8 Å². The van der Waals surface area contributed by atoms with Gasteiger partial charge in [-0.3, -0.25) is 24.2 Å². The lowest BCUT2D eigenvalue weighted by molar-refractivity contribution is -0.148. The van der Waals surface area contributed by atoms with Gasteiger partial charge in [0.2, 0.25) is 11.8 Å². The Balaban J connectivity index is 1.69. The Hall–Kier alpha value is -3.90. The molecule has 1 saturated heterocycles. The summed E-state index contributed by atoms with van der Waals surface area (Å²) < 4.78 is 15.3. The number of aliphatic carboxylic acids is 1. The van der Waals surface area contributed by atoms with E-state index in [2.05, 4.69) is 21.0 Å². The van der Waals surface area contributed by atoms with E-state index in [9.17, 15) is 29.4 Å². The lowest BCUT2D eigenvalue weighted by Gasteiger charge is -2.34. The molecule has 1 aromatic heterocycles. The van der Waals surface area contributed by atoms with Crippen LogP contribution >= 0.6 is 0 Å². The van der Waals surface area contributed by atoms with Gasteiger partial charge in [0.15, 0.2) is 5.82 Å². The zero-order valence-electron chi connectivity index (χ0n) is 24.8. The first-order valence-corrected chi connectivity index (χ1v) is 14.0. The Bertz CT molecular complexity index is 1380. The van der Waals surface area contributed by atoms with E-state index in [1.807, 2.05) is 0 Å². The van der Waals surface area contributed by atoms with E-state index in [1.165, 1.54) is 24.1 Å². The van der Waals surface area contributed by atoms with Crippen LogP contribution in [0.3, 0.4) is 0 Å². The number of aliphatic hydroxyl groups excluding tert-OH is 1. The third-order valence-corrected chi connectivity index (χ3v) is 7.26. The van der Waals surface area contributed by atoms with Crippen LogP contribution in [0, 0.1) is 17.2 Å².